The lowest BCUT2D eigenvalue weighted by Gasteiger charge is -2.13. The monoisotopic (exact) mass is 444 g/mol. The second-order valence-electron chi connectivity index (χ2n) is 7.59. The topological polar surface area (TPSA) is 102 Å². The molecule has 0 saturated carbocycles. The average molecular weight is 445 g/mol. The predicted octanol–water partition coefficient (Wildman–Crippen LogP) is 3.31. The van der Waals surface area contributed by atoms with E-state index in [9.17, 15) is 9.59 Å². The van der Waals surface area contributed by atoms with E-state index in [1.807, 2.05) is 67.5 Å². The van der Waals surface area contributed by atoms with Gasteiger partial charge in [0.2, 0.25) is 5.91 Å². The van der Waals surface area contributed by atoms with Crippen LogP contribution < -0.4 is 15.6 Å². The first-order valence-corrected chi connectivity index (χ1v) is 11.0. The van der Waals surface area contributed by atoms with Crippen LogP contribution in [0.25, 0.3) is 33.1 Å². The van der Waals surface area contributed by atoms with Crippen molar-refractivity contribution in [3.8, 4) is 11.3 Å². The van der Waals surface area contributed by atoms with Crippen LogP contribution in [0.5, 0.6) is 0 Å². The van der Waals surface area contributed by atoms with Crippen LogP contribution in [0.1, 0.15) is 10.5 Å². The van der Waals surface area contributed by atoms with Crippen molar-refractivity contribution in [1.82, 2.24) is 20.7 Å². The molecule has 160 valence electrons. The maximum atomic E-state index is 12.9. The molecule has 1 fully saturated rings. The minimum absolute atomic E-state index is 0.134. The fraction of sp³-hybridized carbons (Fsp3) is 0.130. The Kier molecular flexibility index (Phi) is 5.02. The van der Waals surface area contributed by atoms with E-state index in [1.54, 1.807) is 6.07 Å². The Hall–Kier alpha value is -3.85. The van der Waals surface area contributed by atoms with Gasteiger partial charge in [0.25, 0.3) is 5.91 Å². The second kappa shape index (κ2) is 8.01. The third-order valence-corrected chi connectivity index (χ3v) is 6.10. The Balaban J connectivity index is 1.61. The molecule has 0 bridgehead atoms. The highest BCUT2D eigenvalue weighted by Crippen LogP contribution is 2.33. The molecule has 1 aliphatic rings. The quantitative estimate of drug-likeness (QED) is 0.419. The molecule has 2 amide bonds. The molecule has 2 aromatic heterocycles. The highest BCUT2D eigenvalue weighted by atomic mass is 32.2. The third-order valence-electron chi connectivity index (χ3n) is 5.23. The van der Waals surface area contributed by atoms with Gasteiger partial charge < -0.3 is 15.2 Å². The van der Waals surface area contributed by atoms with Crippen LogP contribution in [0.15, 0.2) is 59.7 Å². The molecule has 2 aromatic carbocycles. The molecule has 5 rings (SSSR count). The van der Waals surface area contributed by atoms with Crippen molar-refractivity contribution in [3.63, 3.8) is 0 Å². The molecule has 8 nitrogen and oxygen atoms in total. The number of benzene rings is 2. The van der Waals surface area contributed by atoms with Gasteiger partial charge in [-0.05, 0) is 24.3 Å². The summed E-state index contributed by atoms with van der Waals surface area (Å²) in [5.41, 5.74) is 7.24. The van der Waals surface area contributed by atoms with Crippen LogP contribution in [-0.4, -0.2) is 46.8 Å². The predicted molar refractivity (Wildman–Crippen MR) is 129 cm³/mol. The Morgan fingerprint density at radius 3 is 2.62 bits per heavy atom. The van der Waals surface area contributed by atoms with Crippen LogP contribution in [0, 0.1) is 0 Å². The summed E-state index contributed by atoms with van der Waals surface area (Å²) in [5.74, 6) is -0.288. The zero-order valence-corrected chi connectivity index (χ0v) is 18.3. The highest BCUT2D eigenvalue weighted by molar-refractivity contribution is 8.15. The first-order chi connectivity index (χ1) is 15.5. The van der Waals surface area contributed by atoms with Crippen molar-refractivity contribution >= 4 is 56.2 Å². The maximum absolute atomic E-state index is 12.9. The largest absolute Gasteiger partial charge is 0.378 e. The number of anilines is 1. The Morgan fingerprint density at radius 1 is 1.12 bits per heavy atom. The van der Waals surface area contributed by atoms with Crippen LogP contribution in [0.4, 0.5) is 5.69 Å². The van der Waals surface area contributed by atoms with E-state index in [0.29, 0.717) is 16.6 Å². The number of carbonyl (C=O) groups excluding carboxylic acids is 2. The number of aromatic amines is 1. The molecule has 0 atom stereocenters. The van der Waals surface area contributed by atoms with Crippen LogP contribution in [0.3, 0.4) is 0 Å². The summed E-state index contributed by atoms with van der Waals surface area (Å²) < 4.78 is 0. The van der Waals surface area contributed by atoms with Crippen molar-refractivity contribution in [2.24, 2.45) is 5.10 Å². The molecule has 0 spiro atoms. The number of hydrazone groups is 1. The van der Waals surface area contributed by atoms with E-state index in [0.717, 1.165) is 33.1 Å². The fourth-order valence-electron chi connectivity index (χ4n) is 3.63. The van der Waals surface area contributed by atoms with Gasteiger partial charge in [-0.2, -0.15) is 0 Å². The lowest BCUT2D eigenvalue weighted by Crippen LogP contribution is -2.25. The molecule has 3 N–H and O–H groups in total. The van der Waals surface area contributed by atoms with Crippen molar-refractivity contribution in [2.75, 3.05) is 24.7 Å². The molecule has 0 radical (unpaired) electrons. The van der Waals surface area contributed by atoms with Gasteiger partial charge >= 0.3 is 0 Å². The lowest BCUT2D eigenvalue weighted by atomic mass is 10.1. The van der Waals surface area contributed by atoms with E-state index in [-0.39, 0.29) is 11.6 Å². The number of nitrogens with zero attached hydrogens (tertiary/aromatic N) is 3. The number of nitrogens with one attached hydrogen (secondary N) is 3. The SMILES string of the molecule is CN(C)c1ccc(-c2nc(C(=O)NN=C3NC(=O)CS3)cc3c2[nH]c2ccccc23)cc1. The van der Waals surface area contributed by atoms with Crippen LogP contribution >= 0.6 is 11.8 Å². The second-order valence-corrected chi connectivity index (χ2v) is 8.55. The van der Waals surface area contributed by atoms with Crippen LogP contribution in [0.2, 0.25) is 0 Å². The van der Waals surface area contributed by atoms with Crippen molar-refractivity contribution in [1.29, 1.82) is 0 Å². The molecular formula is C23H20N6O2S. The molecule has 3 heterocycles. The zero-order chi connectivity index (χ0) is 22.2. The van der Waals surface area contributed by atoms with Gasteiger partial charge in [0.05, 0.1) is 17.0 Å². The Bertz CT molecular complexity index is 1390. The number of fused-ring (bicyclic) bond motifs is 3. The third kappa shape index (κ3) is 3.67. The first-order valence-electron chi connectivity index (χ1n) is 9.99. The minimum atomic E-state index is -0.447. The standard InChI is InChI=1S/C23H20N6O2S/c1-29(2)14-9-7-13(8-10-14)20-21-16(15-5-3-4-6-17(15)24-21)11-18(25-20)22(31)27-28-23-26-19(30)12-32-23/h3-11,24H,12H2,1-2H3,(H,27,31)(H,26,28,30). The van der Waals surface area contributed by atoms with Gasteiger partial charge in [0.15, 0.2) is 5.17 Å². The van der Waals surface area contributed by atoms with Gasteiger partial charge in [0, 0.05) is 41.6 Å². The summed E-state index contributed by atoms with van der Waals surface area (Å²) in [4.78, 5) is 34.4. The van der Waals surface area contributed by atoms with E-state index in [2.05, 4.69) is 25.8 Å². The average Bonchev–Trinajstić information content (AvgIpc) is 3.40. The summed E-state index contributed by atoms with van der Waals surface area (Å²) in [6.07, 6.45) is 0. The number of H-pyrrole nitrogens is 1. The highest BCUT2D eigenvalue weighted by Gasteiger charge is 2.19. The number of aromatic nitrogens is 2. The minimum Gasteiger partial charge on any atom is -0.378 e. The molecular weight excluding hydrogens is 424 g/mol. The molecule has 1 saturated heterocycles. The molecule has 32 heavy (non-hydrogen) atoms. The molecule has 0 aliphatic carbocycles. The van der Waals surface area contributed by atoms with Gasteiger partial charge in [-0.1, -0.05) is 42.1 Å². The summed E-state index contributed by atoms with van der Waals surface area (Å²) in [7, 11) is 3.97. The number of amides is 2. The summed E-state index contributed by atoms with van der Waals surface area (Å²) >= 11 is 1.24. The fourth-order valence-corrected chi connectivity index (χ4v) is 4.27. The smallest absolute Gasteiger partial charge is 0.290 e. The van der Waals surface area contributed by atoms with Crippen molar-refractivity contribution in [2.45, 2.75) is 0 Å². The van der Waals surface area contributed by atoms with E-state index < -0.39 is 5.91 Å². The molecule has 0 unspecified atom stereocenters. The summed E-state index contributed by atoms with van der Waals surface area (Å²) in [6.45, 7) is 0. The Morgan fingerprint density at radius 2 is 1.91 bits per heavy atom. The number of rotatable bonds is 4. The van der Waals surface area contributed by atoms with Gasteiger partial charge in [-0.3, -0.25) is 9.59 Å². The zero-order valence-electron chi connectivity index (χ0n) is 17.5. The van der Waals surface area contributed by atoms with E-state index in [1.165, 1.54) is 11.8 Å². The summed E-state index contributed by atoms with van der Waals surface area (Å²) in [6, 6.07) is 17.7. The summed E-state index contributed by atoms with van der Waals surface area (Å²) in [5, 5.41) is 8.89. The first kappa shape index (κ1) is 20.1. The number of para-hydroxylation sites is 1. The number of hydrogen-bond acceptors (Lipinski definition) is 6. The van der Waals surface area contributed by atoms with Gasteiger partial charge in [-0.25, -0.2) is 10.4 Å². The number of amidine groups is 1. The number of carbonyl (C=O) groups is 2. The van der Waals surface area contributed by atoms with Gasteiger partial charge in [0.1, 0.15) is 5.69 Å². The Labute approximate surface area is 188 Å². The van der Waals surface area contributed by atoms with E-state index in [4.69, 9.17) is 0 Å². The molecule has 1 aliphatic heterocycles. The van der Waals surface area contributed by atoms with Crippen LogP contribution in [-0.2, 0) is 4.79 Å². The number of hydrogen-bond donors (Lipinski definition) is 3. The maximum Gasteiger partial charge on any atom is 0.290 e. The lowest BCUT2D eigenvalue weighted by molar-refractivity contribution is -0.116. The molecule has 9 heteroatoms. The normalized spacial score (nSPS) is 14.8. The van der Waals surface area contributed by atoms with Crippen molar-refractivity contribution in [3.05, 3.63) is 60.3 Å². The van der Waals surface area contributed by atoms with Crippen molar-refractivity contribution < 1.29 is 9.59 Å². The number of pyridine rings is 1. The van der Waals surface area contributed by atoms with Gasteiger partial charge in [-0.15, -0.1) is 5.10 Å². The number of thioether (sulfide) groups is 1. The van der Waals surface area contributed by atoms with E-state index >= 15 is 0 Å². The molecule has 4 aromatic rings.